The fourth-order valence-electron chi connectivity index (χ4n) is 1.98. The molecular formula is C15H20N4O2. The van der Waals surface area contributed by atoms with Gasteiger partial charge in [0.15, 0.2) is 5.69 Å². The van der Waals surface area contributed by atoms with Crippen molar-refractivity contribution in [2.45, 2.75) is 19.4 Å². The second-order valence-electron chi connectivity index (χ2n) is 5.51. The topological polar surface area (TPSA) is 82.2 Å². The zero-order valence-corrected chi connectivity index (χ0v) is 12.5. The van der Waals surface area contributed by atoms with Gasteiger partial charge in [-0.2, -0.15) is 5.10 Å². The van der Waals surface area contributed by atoms with Crippen molar-refractivity contribution >= 4 is 11.6 Å². The predicted molar refractivity (Wildman–Crippen MR) is 81.4 cm³/mol. The monoisotopic (exact) mass is 288 g/mol. The van der Waals surface area contributed by atoms with E-state index in [2.05, 4.69) is 10.4 Å². The Morgan fingerprint density at radius 1 is 1.33 bits per heavy atom. The standard InChI is InChI=1S/C15H20N4O2/c1-15(2,10-21-3)17-14(20)13-8-9-19(18-13)12-6-4-11(16)5-7-12/h4-9H,10,16H2,1-3H3,(H,17,20). The van der Waals surface area contributed by atoms with E-state index >= 15 is 0 Å². The average Bonchev–Trinajstić information content (AvgIpc) is 2.88. The van der Waals surface area contributed by atoms with Gasteiger partial charge in [-0.05, 0) is 44.2 Å². The van der Waals surface area contributed by atoms with Gasteiger partial charge < -0.3 is 15.8 Å². The van der Waals surface area contributed by atoms with E-state index < -0.39 is 5.54 Å². The predicted octanol–water partition coefficient (Wildman–Crippen LogP) is 1.61. The number of nitrogens with two attached hydrogens (primary N) is 1. The van der Waals surface area contributed by atoms with Crippen LogP contribution in [0.2, 0.25) is 0 Å². The van der Waals surface area contributed by atoms with E-state index in [9.17, 15) is 4.79 Å². The molecule has 2 rings (SSSR count). The molecule has 2 aromatic rings. The highest BCUT2D eigenvalue weighted by atomic mass is 16.5. The minimum atomic E-state index is -0.448. The highest BCUT2D eigenvalue weighted by Crippen LogP contribution is 2.11. The minimum absolute atomic E-state index is 0.230. The third-order valence-corrected chi connectivity index (χ3v) is 2.94. The van der Waals surface area contributed by atoms with Crippen LogP contribution >= 0.6 is 0 Å². The van der Waals surface area contributed by atoms with Crippen molar-refractivity contribution in [1.29, 1.82) is 0 Å². The molecular weight excluding hydrogens is 268 g/mol. The number of nitrogens with one attached hydrogen (secondary N) is 1. The Balaban J connectivity index is 2.12. The number of anilines is 1. The van der Waals surface area contributed by atoms with Crippen molar-refractivity contribution in [3.8, 4) is 5.69 Å². The van der Waals surface area contributed by atoms with E-state index in [1.165, 1.54) is 0 Å². The SMILES string of the molecule is COCC(C)(C)NC(=O)c1ccn(-c2ccc(N)cc2)n1. The van der Waals surface area contributed by atoms with Crippen molar-refractivity contribution in [2.75, 3.05) is 19.5 Å². The number of benzene rings is 1. The molecule has 1 aromatic heterocycles. The summed E-state index contributed by atoms with van der Waals surface area (Å²) in [4.78, 5) is 12.2. The minimum Gasteiger partial charge on any atom is -0.399 e. The van der Waals surface area contributed by atoms with Crippen LogP contribution in [0.25, 0.3) is 5.69 Å². The van der Waals surface area contributed by atoms with Gasteiger partial charge in [0.25, 0.3) is 5.91 Å². The largest absolute Gasteiger partial charge is 0.399 e. The fraction of sp³-hybridized carbons (Fsp3) is 0.333. The molecule has 21 heavy (non-hydrogen) atoms. The van der Waals surface area contributed by atoms with Crippen LogP contribution in [0.15, 0.2) is 36.5 Å². The Morgan fingerprint density at radius 2 is 2.00 bits per heavy atom. The van der Waals surface area contributed by atoms with Crippen molar-refractivity contribution in [2.24, 2.45) is 0 Å². The Labute approximate surface area is 123 Å². The number of aromatic nitrogens is 2. The molecule has 6 heteroatoms. The van der Waals surface area contributed by atoms with E-state index in [-0.39, 0.29) is 5.91 Å². The molecule has 1 aromatic carbocycles. The highest BCUT2D eigenvalue weighted by Gasteiger charge is 2.22. The maximum Gasteiger partial charge on any atom is 0.272 e. The summed E-state index contributed by atoms with van der Waals surface area (Å²) >= 11 is 0. The van der Waals surface area contributed by atoms with Gasteiger partial charge in [0.05, 0.1) is 17.8 Å². The molecule has 0 bridgehead atoms. The number of ether oxygens (including phenoxy) is 1. The van der Waals surface area contributed by atoms with Crippen LogP contribution in [-0.2, 0) is 4.74 Å². The van der Waals surface area contributed by atoms with Gasteiger partial charge >= 0.3 is 0 Å². The number of methoxy groups -OCH3 is 1. The summed E-state index contributed by atoms with van der Waals surface area (Å²) in [5.74, 6) is -0.230. The number of amides is 1. The van der Waals surface area contributed by atoms with Crippen LogP contribution in [0.4, 0.5) is 5.69 Å². The Hall–Kier alpha value is -2.34. The van der Waals surface area contributed by atoms with Gasteiger partial charge in [0.1, 0.15) is 0 Å². The van der Waals surface area contributed by atoms with Crippen molar-refractivity contribution in [1.82, 2.24) is 15.1 Å². The number of carbonyl (C=O) groups excluding carboxylic acids is 1. The summed E-state index contributed by atoms with van der Waals surface area (Å²) in [5.41, 5.74) is 7.09. The van der Waals surface area contributed by atoms with Crippen molar-refractivity contribution < 1.29 is 9.53 Å². The van der Waals surface area contributed by atoms with Crippen LogP contribution in [-0.4, -0.2) is 34.9 Å². The van der Waals surface area contributed by atoms with Gasteiger partial charge in [-0.15, -0.1) is 0 Å². The number of carbonyl (C=O) groups is 1. The first kappa shape index (κ1) is 15.1. The molecule has 0 aliphatic carbocycles. The molecule has 0 unspecified atom stereocenters. The smallest absolute Gasteiger partial charge is 0.272 e. The average molecular weight is 288 g/mol. The van der Waals surface area contributed by atoms with Crippen LogP contribution in [0.5, 0.6) is 0 Å². The van der Waals surface area contributed by atoms with Gasteiger partial charge in [0.2, 0.25) is 0 Å². The number of nitrogens with zero attached hydrogens (tertiary/aromatic N) is 2. The first-order valence-corrected chi connectivity index (χ1v) is 6.64. The molecule has 0 aliphatic heterocycles. The molecule has 0 fully saturated rings. The molecule has 0 radical (unpaired) electrons. The summed E-state index contributed by atoms with van der Waals surface area (Å²) < 4.78 is 6.71. The summed E-state index contributed by atoms with van der Waals surface area (Å²) in [6.45, 7) is 4.22. The molecule has 112 valence electrons. The molecule has 0 saturated carbocycles. The molecule has 1 heterocycles. The molecule has 6 nitrogen and oxygen atoms in total. The van der Waals surface area contributed by atoms with Gasteiger partial charge in [-0.1, -0.05) is 0 Å². The van der Waals surface area contributed by atoms with Gasteiger partial charge in [-0.3, -0.25) is 4.79 Å². The third kappa shape index (κ3) is 3.82. The summed E-state index contributed by atoms with van der Waals surface area (Å²) in [6.07, 6.45) is 1.74. The lowest BCUT2D eigenvalue weighted by molar-refractivity contribution is 0.0815. The highest BCUT2D eigenvalue weighted by molar-refractivity contribution is 5.92. The zero-order valence-electron chi connectivity index (χ0n) is 12.5. The van der Waals surface area contributed by atoms with E-state index in [1.807, 2.05) is 26.0 Å². The molecule has 0 aliphatic rings. The quantitative estimate of drug-likeness (QED) is 0.819. The van der Waals surface area contributed by atoms with Gasteiger partial charge in [0, 0.05) is 19.0 Å². The molecule has 3 N–H and O–H groups in total. The Kier molecular flexibility index (Phi) is 4.28. The lowest BCUT2D eigenvalue weighted by atomic mass is 10.1. The van der Waals surface area contributed by atoms with E-state index in [0.29, 0.717) is 18.0 Å². The number of nitrogen functional groups attached to an aromatic ring is 1. The second-order valence-corrected chi connectivity index (χ2v) is 5.51. The van der Waals surface area contributed by atoms with Crippen molar-refractivity contribution in [3.05, 3.63) is 42.2 Å². The van der Waals surface area contributed by atoms with Crippen LogP contribution in [0.1, 0.15) is 24.3 Å². The zero-order chi connectivity index (χ0) is 15.5. The van der Waals surface area contributed by atoms with Crippen LogP contribution in [0.3, 0.4) is 0 Å². The molecule has 0 atom stereocenters. The maximum atomic E-state index is 12.2. The molecule has 0 spiro atoms. The lowest BCUT2D eigenvalue weighted by Gasteiger charge is -2.24. The van der Waals surface area contributed by atoms with E-state index in [1.54, 1.807) is 36.2 Å². The first-order chi connectivity index (χ1) is 9.91. The third-order valence-electron chi connectivity index (χ3n) is 2.94. The fourth-order valence-corrected chi connectivity index (χ4v) is 1.98. The summed E-state index contributed by atoms with van der Waals surface area (Å²) in [7, 11) is 1.60. The Morgan fingerprint density at radius 3 is 2.62 bits per heavy atom. The number of hydrogen-bond acceptors (Lipinski definition) is 4. The molecule has 1 amide bonds. The van der Waals surface area contributed by atoms with Crippen LogP contribution < -0.4 is 11.1 Å². The van der Waals surface area contributed by atoms with E-state index in [4.69, 9.17) is 10.5 Å². The number of rotatable bonds is 5. The first-order valence-electron chi connectivity index (χ1n) is 6.64. The Bertz CT molecular complexity index is 617. The summed E-state index contributed by atoms with van der Waals surface area (Å²) in [5, 5.41) is 7.16. The maximum absolute atomic E-state index is 12.2. The van der Waals surface area contributed by atoms with E-state index in [0.717, 1.165) is 5.69 Å². The lowest BCUT2D eigenvalue weighted by Crippen LogP contribution is -2.46. The normalized spacial score (nSPS) is 11.4. The van der Waals surface area contributed by atoms with Crippen molar-refractivity contribution in [3.63, 3.8) is 0 Å². The van der Waals surface area contributed by atoms with Gasteiger partial charge in [-0.25, -0.2) is 4.68 Å². The number of hydrogen-bond donors (Lipinski definition) is 2. The second kappa shape index (κ2) is 5.97. The summed E-state index contributed by atoms with van der Waals surface area (Å²) in [6, 6.07) is 8.95. The van der Waals surface area contributed by atoms with Crippen LogP contribution in [0, 0.1) is 0 Å². The molecule has 0 saturated heterocycles.